The zero-order valence-corrected chi connectivity index (χ0v) is 8.17. The second-order valence-corrected chi connectivity index (χ2v) is 2.80. The fourth-order valence-electron chi connectivity index (χ4n) is 0.870. The fourth-order valence-corrected chi connectivity index (χ4v) is 1.04. The molecule has 1 rings (SSSR count). The van der Waals surface area contributed by atoms with Crippen molar-refractivity contribution in [3.05, 3.63) is 35.9 Å². The lowest BCUT2D eigenvalue weighted by atomic mass is 10.3. The van der Waals surface area contributed by atoms with Gasteiger partial charge in [-0.2, -0.15) is 0 Å². The van der Waals surface area contributed by atoms with Gasteiger partial charge in [-0.3, -0.25) is 0 Å². The quantitative estimate of drug-likeness (QED) is 0.693. The van der Waals surface area contributed by atoms with Crippen molar-refractivity contribution in [2.75, 3.05) is 13.7 Å². The maximum Gasteiger partial charge on any atom is 0.142 e. The second kappa shape index (κ2) is 4.77. The Hall–Kier alpha value is -1.15. The number of benzene rings is 1. The molecule has 70 valence electrons. The molecule has 0 atom stereocenters. The van der Waals surface area contributed by atoms with Crippen molar-refractivity contribution in [1.29, 1.82) is 0 Å². The number of halogens is 1. The molecule has 0 aromatic heterocycles. The van der Waals surface area contributed by atoms with Gasteiger partial charge in [0.15, 0.2) is 0 Å². The van der Waals surface area contributed by atoms with Crippen LogP contribution in [0.25, 0.3) is 0 Å². The van der Waals surface area contributed by atoms with Gasteiger partial charge in [0.1, 0.15) is 18.1 Å². The highest BCUT2D eigenvalue weighted by molar-refractivity contribution is 6.32. The predicted octanol–water partition coefficient (Wildman–Crippen LogP) is 2.91. The van der Waals surface area contributed by atoms with Gasteiger partial charge >= 0.3 is 0 Å². The Morgan fingerprint density at radius 3 is 2.92 bits per heavy atom. The van der Waals surface area contributed by atoms with Crippen LogP contribution < -0.4 is 9.47 Å². The molecule has 0 saturated heterocycles. The van der Waals surface area contributed by atoms with E-state index in [0.717, 1.165) is 5.75 Å². The van der Waals surface area contributed by atoms with E-state index in [2.05, 4.69) is 6.58 Å². The number of ether oxygens (including phenoxy) is 2. The molecule has 0 aliphatic heterocycles. The largest absolute Gasteiger partial charge is 0.497 e. The number of hydrogen-bond acceptors (Lipinski definition) is 2. The van der Waals surface area contributed by atoms with Crippen LogP contribution in [0, 0.1) is 0 Å². The molecular weight excluding hydrogens is 188 g/mol. The van der Waals surface area contributed by atoms with Gasteiger partial charge in [-0.1, -0.05) is 24.3 Å². The molecule has 0 bridgehead atoms. The molecule has 0 fully saturated rings. The fraction of sp³-hybridized carbons (Fsp3) is 0.200. The van der Waals surface area contributed by atoms with Crippen LogP contribution in [0.4, 0.5) is 0 Å². The highest BCUT2D eigenvalue weighted by Gasteiger charge is 2.02. The Morgan fingerprint density at radius 2 is 2.31 bits per heavy atom. The molecule has 0 spiro atoms. The third-order valence-electron chi connectivity index (χ3n) is 1.50. The average molecular weight is 199 g/mol. The lowest BCUT2D eigenvalue weighted by Gasteiger charge is -2.07. The van der Waals surface area contributed by atoms with Gasteiger partial charge < -0.3 is 9.47 Å². The number of hydrogen-bond donors (Lipinski definition) is 0. The molecule has 0 N–H and O–H groups in total. The van der Waals surface area contributed by atoms with E-state index in [9.17, 15) is 0 Å². The summed E-state index contributed by atoms with van der Waals surface area (Å²) >= 11 is 5.87. The van der Waals surface area contributed by atoms with Crippen LogP contribution in [0.15, 0.2) is 30.9 Å². The summed E-state index contributed by atoms with van der Waals surface area (Å²) in [7, 11) is 1.60. The van der Waals surface area contributed by atoms with E-state index in [-0.39, 0.29) is 0 Å². The molecular formula is C10H11ClO2. The van der Waals surface area contributed by atoms with E-state index in [1.54, 1.807) is 31.4 Å². The summed E-state index contributed by atoms with van der Waals surface area (Å²) in [5.41, 5.74) is 0. The van der Waals surface area contributed by atoms with Crippen LogP contribution >= 0.6 is 11.6 Å². The molecule has 1 aromatic carbocycles. The first-order chi connectivity index (χ1) is 6.27. The third-order valence-corrected chi connectivity index (χ3v) is 1.81. The van der Waals surface area contributed by atoms with Crippen molar-refractivity contribution in [2.45, 2.75) is 0 Å². The Labute approximate surface area is 82.7 Å². The SMILES string of the molecule is C=CCOc1cc(OC)ccc1Cl. The molecule has 1 aromatic rings. The van der Waals surface area contributed by atoms with Gasteiger partial charge in [0.25, 0.3) is 0 Å². The van der Waals surface area contributed by atoms with Gasteiger partial charge in [-0.25, -0.2) is 0 Å². The monoisotopic (exact) mass is 198 g/mol. The highest BCUT2D eigenvalue weighted by atomic mass is 35.5. The summed E-state index contributed by atoms with van der Waals surface area (Å²) in [6, 6.07) is 5.26. The van der Waals surface area contributed by atoms with Crippen LogP contribution in [0.1, 0.15) is 0 Å². The van der Waals surface area contributed by atoms with E-state index >= 15 is 0 Å². The molecule has 13 heavy (non-hydrogen) atoms. The smallest absolute Gasteiger partial charge is 0.142 e. The minimum absolute atomic E-state index is 0.437. The van der Waals surface area contributed by atoms with Gasteiger partial charge in [-0.15, -0.1) is 0 Å². The molecule has 0 radical (unpaired) electrons. The Balaban J connectivity index is 2.83. The Kier molecular flexibility index (Phi) is 3.65. The first-order valence-corrected chi connectivity index (χ1v) is 4.23. The van der Waals surface area contributed by atoms with Crippen molar-refractivity contribution < 1.29 is 9.47 Å². The van der Waals surface area contributed by atoms with Gasteiger partial charge in [-0.05, 0) is 12.1 Å². The van der Waals surface area contributed by atoms with Crippen molar-refractivity contribution in [1.82, 2.24) is 0 Å². The van der Waals surface area contributed by atoms with Crippen molar-refractivity contribution in [2.24, 2.45) is 0 Å². The summed E-state index contributed by atoms with van der Waals surface area (Å²) in [6.45, 7) is 3.99. The normalized spacial score (nSPS) is 9.38. The first kappa shape index (κ1) is 9.93. The van der Waals surface area contributed by atoms with Gasteiger partial charge in [0.05, 0.1) is 12.1 Å². The molecule has 0 heterocycles. The number of methoxy groups -OCH3 is 1. The minimum atomic E-state index is 0.437. The second-order valence-electron chi connectivity index (χ2n) is 2.40. The van der Waals surface area contributed by atoms with Crippen LogP contribution in [0.5, 0.6) is 11.5 Å². The Bertz CT molecular complexity index is 297. The molecule has 2 nitrogen and oxygen atoms in total. The molecule has 0 aliphatic rings. The maximum absolute atomic E-state index is 5.87. The van der Waals surface area contributed by atoms with Crippen LogP contribution in [0.2, 0.25) is 5.02 Å². The zero-order valence-electron chi connectivity index (χ0n) is 7.42. The third kappa shape index (κ3) is 2.67. The number of rotatable bonds is 4. The molecule has 0 saturated carbocycles. The summed E-state index contributed by atoms with van der Waals surface area (Å²) in [4.78, 5) is 0. The van der Waals surface area contributed by atoms with Crippen molar-refractivity contribution in [3.8, 4) is 11.5 Å². The lowest BCUT2D eigenvalue weighted by Crippen LogP contribution is -1.94. The van der Waals surface area contributed by atoms with E-state index in [1.165, 1.54) is 0 Å². The predicted molar refractivity (Wildman–Crippen MR) is 53.7 cm³/mol. The van der Waals surface area contributed by atoms with Gasteiger partial charge in [0, 0.05) is 6.07 Å². The van der Waals surface area contributed by atoms with E-state index in [1.807, 2.05) is 0 Å². The maximum atomic E-state index is 5.87. The van der Waals surface area contributed by atoms with Crippen LogP contribution in [0.3, 0.4) is 0 Å². The minimum Gasteiger partial charge on any atom is -0.497 e. The first-order valence-electron chi connectivity index (χ1n) is 3.85. The summed E-state index contributed by atoms with van der Waals surface area (Å²) in [6.07, 6.45) is 1.66. The highest BCUT2D eigenvalue weighted by Crippen LogP contribution is 2.28. The molecule has 0 amide bonds. The van der Waals surface area contributed by atoms with E-state index < -0.39 is 0 Å². The van der Waals surface area contributed by atoms with E-state index in [4.69, 9.17) is 21.1 Å². The summed E-state index contributed by atoms with van der Waals surface area (Å²) in [5.74, 6) is 1.34. The molecule has 3 heteroatoms. The molecule has 0 aliphatic carbocycles. The zero-order chi connectivity index (χ0) is 9.68. The van der Waals surface area contributed by atoms with Crippen LogP contribution in [-0.4, -0.2) is 13.7 Å². The van der Waals surface area contributed by atoms with Crippen molar-refractivity contribution in [3.63, 3.8) is 0 Å². The lowest BCUT2D eigenvalue weighted by molar-refractivity contribution is 0.357. The summed E-state index contributed by atoms with van der Waals surface area (Å²) < 4.78 is 10.3. The average Bonchev–Trinajstić information content (AvgIpc) is 2.17. The summed E-state index contributed by atoms with van der Waals surface area (Å²) in [5, 5.41) is 0.572. The standard InChI is InChI=1S/C10H11ClO2/c1-3-6-13-10-7-8(12-2)4-5-9(10)11/h3-5,7H,1,6H2,2H3. The van der Waals surface area contributed by atoms with E-state index in [0.29, 0.717) is 17.4 Å². The van der Waals surface area contributed by atoms with Crippen molar-refractivity contribution >= 4 is 11.6 Å². The van der Waals surface area contributed by atoms with Gasteiger partial charge in [0.2, 0.25) is 0 Å². The molecule has 0 unspecified atom stereocenters. The topological polar surface area (TPSA) is 18.5 Å². The van der Waals surface area contributed by atoms with Crippen LogP contribution in [-0.2, 0) is 0 Å². The Morgan fingerprint density at radius 1 is 1.54 bits per heavy atom.